The van der Waals surface area contributed by atoms with E-state index in [1.807, 2.05) is 44.4 Å². The summed E-state index contributed by atoms with van der Waals surface area (Å²) in [4.78, 5) is 14.2. The van der Waals surface area contributed by atoms with E-state index in [9.17, 15) is 4.79 Å². The third kappa shape index (κ3) is 5.48. The predicted molar refractivity (Wildman–Crippen MR) is 82.0 cm³/mol. The van der Waals surface area contributed by atoms with Crippen molar-refractivity contribution in [3.8, 4) is 0 Å². The zero-order valence-electron chi connectivity index (χ0n) is 13.0. The summed E-state index contributed by atoms with van der Waals surface area (Å²) in [6.07, 6.45) is 3.04. The molecule has 0 unspecified atom stereocenters. The molecule has 0 radical (unpaired) electrons. The summed E-state index contributed by atoms with van der Waals surface area (Å²) in [5.41, 5.74) is 1.06. The van der Waals surface area contributed by atoms with Crippen LogP contribution in [0.5, 0.6) is 0 Å². The summed E-state index contributed by atoms with van der Waals surface area (Å²) in [5, 5.41) is 0. The largest absolute Gasteiger partial charge is 0.457 e. The highest BCUT2D eigenvalue weighted by Crippen LogP contribution is 2.23. The maximum Gasteiger partial charge on any atom is 0.309 e. The SMILES string of the molecule is CN(C)CC[C@@H](OC(=O)C[C@@H]1CCCO1)c1ccccc1. The second-order valence-corrected chi connectivity index (χ2v) is 5.82. The van der Waals surface area contributed by atoms with Crippen LogP contribution in [-0.4, -0.2) is 44.2 Å². The third-order valence-corrected chi connectivity index (χ3v) is 3.70. The molecule has 1 aromatic carbocycles. The molecule has 1 aliphatic rings. The minimum absolute atomic E-state index is 0.0442. The smallest absolute Gasteiger partial charge is 0.309 e. The Morgan fingerprint density at radius 1 is 1.38 bits per heavy atom. The van der Waals surface area contributed by atoms with E-state index < -0.39 is 0 Å². The number of carbonyl (C=O) groups is 1. The maximum atomic E-state index is 12.1. The molecule has 0 aliphatic carbocycles. The number of hydrogen-bond donors (Lipinski definition) is 0. The van der Waals surface area contributed by atoms with Crippen molar-refractivity contribution in [1.82, 2.24) is 4.90 Å². The van der Waals surface area contributed by atoms with Crippen LogP contribution in [0.3, 0.4) is 0 Å². The molecule has 2 atom stereocenters. The Labute approximate surface area is 127 Å². The Hall–Kier alpha value is -1.39. The highest BCUT2D eigenvalue weighted by atomic mass is 16.5. The van der Waals surface area contributed by atoms with Crippen LogP contribution in [0.4, 0.5) is 0 Å². The van der Waals surface area contributed by atoms with Crippen molar-refractivity contribution in [2.24, 2.45) is 0 Å². The van der Waals surface area contributed by atoms with Crippen LogP contribution >= 0.6 is 0 Å². The molecule has 0 aromatic heterocycles. The molecule has 1 aliphatic heterocycles. The first-order valence-electron chi connectivity index (χ1n) is 7.66. The van der Waals surface area contributed by atoms with Gasteiger partial charge in [0.1, 0.15) is 6.10 Å². The second-order valence-electron chi connectivity index (χ2n) is 5.82. The van der Waals surface area contributed by atoms with Crippen molar-refractivity contribution in [2.45, 2.75) is 37.9 Å². The third-order valence-electron chi connectivity index (χ3n) is 3.70. The van der Waals surface area contributed by atoms with Gasteiger partial charge in [0.25, 0.3) is 0 Å². The lowest BCUT2D eigenvalue weighted by Gasteiger charge is -2.21. The molecule has 21 heavy (non-hydrogen) atoms. The lowest BCUT2D eigenvalue weighted by molar-refractivity contribution is -0.152. The minimum atomic E-state index is -0.178. The van der Waals surface area contributed by atoms with E-state index in [1.165, 1.54) is 0 Å². The molecule has 0 N–H and O–H groups in total. The van der Waals surface area contributed by atoms with Gasteiger partial charge in [-0.2, -0.15) is 0 Å². The van der Waals surface area contributed by atoms with Crippen LogP contribution in [0, 0.1) is 0 Å². The van der Waals surface area contributed by atoms with Gasteiger partial charge in [0.2, 0.25) is 0 Å². The second kappa shape index (κ2) is 8.15. The Morgan fingerprint density at radius 3 is 2.76 bits per heavy atom. The molecule has 0 bridgehead atoms. The highest BCUT2D eigenvalue weighted by Gasteiger charge is 2.23. The summed E-state index contributed by atoms with van der Waals surface area (Å²) in [7, 11) is 4.05. The van der Waals surface area contributed by atoms with Gasteiger partial charge in [0, 0.05) is 19.6 Å². The van der Waals surface area contributed by atoms with Gasteiger partial charge >= 0.3 is 5.97 Å². The first-order chi connectivity index (χ1) is 10.1. The molecule has 0 saturated carbocycles. The zero-order chi connectivity index (χ0) is 15.1. The van der Waals surface area contributed by atoms with Gasteiger partial charge in [0.05, 0.1) is 12.5 Å². The van der Waals surface area contributed by atoms with E-state index in [2.05, 4.69) is 4.90 Å². The quantitative estimate of drug-likeness (QED) is 0.724. The van der Waals surface area contributed by atoms with Gasteiger partial charge < -0.3 is 14.4 Å². The maximum absolute atomic E-state index is 12.1. The molecular formula is C17H25NO3. The van der Waals surface area contributed by atoms with Crippen LogP contribution in [0.1, 0.15) is 37.4 Å². The van der Waals surface area contributed by atoms with E-state index in [0.29, 0.717) is 6.42 Å². The summed E-state index contributed by atoms with van der Waals surface area (Å²) in [5.74, 6) is -0.158. The van der Waals surface area contributed by atoms with Crippen LogP contribution in [0.15, 0.2) is 30.3 Å². The van der Waals surface area contributed by atoms with E-state index >= 15 is 0 Å². The van der Waals surface area contributed by atoms with E-state index in [4.69, 9.17) is 9.47 Å². The monoisotopic (exact) mass is 291 g/mol. The fourth-order valence-corrected chi connectivity index (χ4v) is 2.53. The fourth-order valence-electron chi connectivity index (χ4n) is 2.53. The first-order valence-corrected chi connectivity index (χ1v) is 7.66. The zero-order valence-corrected chi connectivity index (χ0v) is 13.0. The van der Waals surface area contributed by atoms with Crippen LogP contribution in [0.2, 0.25) is 0 Å². The predicted octanol–water partition coefficient (Wildman–Crippen LogP) is 2.79. The van der Waals surface area contributed by atoms with E-state index in [-0.39, 0.29) is 18.2 Å². The molecule has 1 aromatic rings. The first kappa shape index (κ1) is 16.0. The fraction of sp³-hybridized carbons (Fsp3) is 0.588. The van der Waals surface area contributed by atoms with Gasteiger partial charge in [-0.15, -0.1) is 0 Å². The number of nitrogens with zero attached hydrogens (tertiary/aromatic N) is 1. The van der Waals surface area contributed by atoms with Gasteiger partial charge in [-0.1, -0.05) is 30.3 Å². The van der Waals surface area contributed by atoms with Crippen molar-refractivity contribution in [1.29, 1.82) is 0 Å². The molecular weight excluding hydrogens is 266 g/mol. The van der Waals surface area contributed by atoms with Crippen molar-refractivity contribution >= 4 is 5.97 Å². The van der Waals surface area contributed by atoms with Crippen molar-refractivity contribution < 1.29 is 14.3 Å². The summed E-state index contributed by atoms with van der Waals surface area (Å²) < 4.78 is 11.2. The molecule has 2 rings (SSSR count). The minimum Gasteiger partial charge on any atom is -0.457 e. The number of hydrogen-bond acceptors (Lipinski definition) is 4. The molecule has 1 heterocycles. The molecule has 0 amide bonds. The van der Waals surface area contributed by atoms with Crippen LogP contribution < -0.4 is 0 Å². The number of rotatable bonds is 7. The van der Waals surface area contributed by atoms with Crippen molar-refractivity contribution in [3.05, 3.63) is 35.9 Å². The van der Waals surface area contributed by atoms with Gasteiger partial charge in [-0.3, -0.25) is 4.79 Å². The molecule has 0 spiro atoms. The van der Waals surface area contributed by atoms with Crippen LogP contribution in [-0.2, 0) is 14.3 Å². The number of benzene rings is 1. The van der Waals surface area contributed by atoms with Crippen molar-refractivity contribution in [2.75, 3.05) is 27.2 Å². The lowest BCUT2D eigenvalue weighted by atomic mass is 10.1. The summed E-state index contributed by atoms with van der Waals surface area (Å²) >= 11 is 0. The standard InChI is InChI=1S/C17H25NO3/c1-18(2)11-10-16(14-7-4-3-5-8-14)21-17(19)13-15-9-6-12-20-15/h3-5,7-8,15-16H,6,9-13H2,1-2H3/t15-,16+/m0/s1. The molecule has 1 saturated heterocycles. The molecule has 4 nitrogen and oxygen atoms in total. The van der Waals surface area contributed by atoms with E-state index in [1.54, 1.807) is 0 Å². The topological polar surface area (TPSA) is 38.8 Å². The van der Waals surface area contributed by atoms with Crippen LogP contribution in [0.25, 0.3) is 0 Å². The number of esters is 1. The average molecular weight is 291 g/mol. The molecule has 4 heteroatoms. The lowest BCUT2D eigenvalue weighted by Crippen LogP contribution is -2.21. The molecule has 1 fully saturated rings. The number of carbonyl (C=O) groups excluding carboxylic acids is 1. The van der Waals surface area contributed by atoms with Crippen molar-refractivity contribution in [3.63, 3.8) is 0 Å². The Bertz CT molecular complexity index is 427. The normalized spacial score (nSPS) is 19.7. The van der Waals surface area contributed by atoms with Gasteiger partial charge in [0.15, 0.2) is 0 Å². The van der Waals surface area contributed by atoms with E-state index in [0.717, 1.165) is 38.0 Å². The Kier molecular flexibility index (Phi) is 6.21. The summed E-state index contributed by atoms with van der Waals surface area (Å²) in [6.45, 7) is 1.65. The van der Waals surface area contributed by atoms with Gasteiger partial charge in [-0.05, 0) is 32.5 Å². The van der Waals surface area contributed by atoms with Gasteiger partial charge in [-0.25, -0.2) is 0 Å². The average Bonchev–Trinajstić information content (AvgIpc) is 2.97. The number of ether oxygens (including phenoxy) is 2. The Morgan fingerprint density at radius 2 is 2.14 bits per heavy atom. The highest BCUT2D eigenvalue weighted by molar-refractivity contribution is 5.70. The molecule has 116 valence electrons. The Balaban J connectivity index is 1.92. The summed E-state index contributed by atoms with van der Waals surface area (Å²) in [6, 6.07) is 9.96.